The first-order chi connectivity index (χ1) is 6.77. The standard InChI is InChI=1S/C11H8FNS/c12-10-4-2-1-3-9(10)8-5-6-11(14)13-7-8/h1-7H,(H,13,14). The van der Waals surface area contributed by atoms with E-state index in [1.807, 2.05) is 0 Å². The highest BCUT2D eigenvalue weighted by Crippen LogP contribution is 2.20. The summed E-state index contributed by atoms with van der Waals surface area (Å²) in [6, 6.07) is 10.2. The fraction of sp³-hybridized carbons (Fsp3) is 0. The van der Waals surface area contributed by atoms with E-state index in [9.17, 15) is 4.39 Å². The Morgan fingerprint density at radius 2 is 1.86 bits per heavy atom. The lowest BCUT2D eigenvalue weighted by molar-refractivity contribution is 0.631. The molecule has 0 radical (unpaired) electrons. The summed E-state index contributed by atoms with van der Waals surface area (Å²) < 4.78 is 14.0. The van der Waals surface area contributed by atoms with Gasteiger partial charge in [0.25, 0.3) is 0 Å². The highest BCUT2D eigenvalue weighted by Gasteiger charge is 2.02. The molecule has 1 N–H and O–H groups in total. The van der Waals surface area contributed by atoms with Crippen LogP contribution in [-0.2, 0) is 0 Å². The van der Waals surface area contributed by atoms with E-state index >= 15 is 0 Å². The quantitative estimate of drug-likeness (QED) is 0.704. The van der Waals surface area contributed by atoms with E-state index in [1.54, 1.807) is 36.5 Å². The first kappa shape index (κ1) is 9.09. The zero-order valence-electron chi connectivity index (χ0n) is 7.33. The number of aromatic nitrogens is 1. The summed E-state index contributed by atoms with van der Waals surface area (Å²) >= 11 is 4.91. The average molecular weight is 205 g/mol. The third-order valence-electron chi connectivity index (χ3n) is 1.97. The second-order valence-corrected chi connectivity index (χ2v) is 3.36. The molecule has 0 saturated heterocycles. The van der Waals surface area contributed by atoms with Crippen LogP contribution in [0.5, 0.6) is 0 Å². The van der Waals surface area contributed by atoms with Crippen molar-refractivity contribution in [2.45, 2.75) is 0 Å². The number of hydrogen-bond donors (Lipinski definition) is 1. The van der Waals surface area contributed by atoms with Crippen molar-refractivity contribution in [3.8, 4) is 11.1 Å². The molecule has 70 valence electrons. The summed E-state index contributed by atoms with van der Waals surface area (Å²) in [6.45, 7) is 0. The maximum atomic E-state index is 13.3. The van der Waals surface area contributed by atoms with Gasteiger partial charge in [-0.1, -0.05) is 30.4 Å². The summed E-state index contributed by atoms with van der Waals surface area (Å²) in [5.74, 6) is -0.224. The molecule has 1 aromatic carbocycles. The average Bonchev–Trinajstić information content (AvgIpc) is 2.20. The van der Waals surface area contributed by atoms with Crippen LogP contribution in [0.1, 0.15) is 0 Å². The van der Waals surface area contributed by atoms with Gasteiger partial charge in [-0.05, 0) is 18.2 Å². The maximum Gasteiger partial charge on any atom is 0.131 e. The molecule has 14 heavy (non-hydrogen) atoms. The molecule has 1 nitrogen and oxygen atoms in total. The van der Waals surface area contributed by atoms with Gasteiger partial charge in [0, 0.05) is 17.3 Å². The fourth-order valence-corrected chi connectivity index (χ4v) is 1.40. The molecule has 1 aromatic heterocycles. The summed E-state index contributed by atoms with van der Waals surface area (Å²) in [4.78, 5) is 2.87. The number of benzene rings is 1. The Morgan fingerprint density at radius 1 is 1.07 bits per heavy atom. The zero-order chi connectivity index (χ0) is 9.97. The van der Waals surface area contributed by atoms with Gasteiger partial charge in [-0.2, -0.15) is 0 Å². The van der Waals surface area contributed by atoms with Crippen molar-refractivity contribution in [3.05, 3.63) is 53.1 Å². The van der Waals surface area contributed by atoms with Gasteiger partial charge >= 0.3 is 0 Å². The van der Waals surface area contributed by atoms with Crippen LogP contribution in [0.15, 0.2) is 42.6 Å². The molecule has 3 heteroatoms. The van der Waals surface area contributed by atoms with E-state index in [1.165, 1.54) is 6.07 Å². The van der Waals surface area contributed by atoms with Crippen molar-refractivity contribution in [2.75, 3.05) is 0 Å². The molecule has 0 bridgehead atoms. The van der Waals surface area contributed by atoms with E-state index in [2.05, 4.69) is 4.98 Å². The molecule has 0 atom stereocenters. The molecule has 2 rings (SSSR count). The molecule has 0 aliphatic rings. The van der Waals surface area contributed by atoms with Gasteiger partial charge < -0.3 is 4.98 Å². The lowest BCUT2D eigenvalue weighted by Crippen LogP contribution is -1.84. The van der Waals surface area contributed by atoms with Gasteiger partial charge in [-0.3, -0.25) is 0 Å². The smallest absolute Gasteiger partial charge is 0.131 e. The molecule has 0 aliphatic carbocycles. The monoisotopic (exact) mass is 205 g/mol. The van der Waals surface area contributed by atoms with Crippen LogP contribution in [0.3, 0.4) is 0 Å². The number of aromatic amines is 1. The molecule has 0 fully saturated rings. The number of halogens is 1. The minimum absolute atomic E-state index is 0.224. The molecule has 0 aliphatic heterocycles. The first-order valence-corrected chi connectivity index (χ1v) is 4.62. The van der Waals surface area contributed by atoms with E-state index in [0.717, 1.165) is 5.56 Å². The molecule has 0 amide bonds. The molecule has 0 spiro atoms. The Labute approximate surface area is 86.2 Å². The van der Waals surface area contributed by atoms with Crippen molar-refractivity contribution >= 4 is 12.2 Å². The van der Waals surface area contributed by atoms with Crippen molar-refractivity contribution in [2.24, 2.45) is 0 Å². The topological polar surface area (TPSA) is 15.8 Å². The highest BCUT2D eigenvalue weighted by atomic mass is 32.1. The summed E-state index contributed by atoms with van der Waals surface area (Å²) in [7, 11) is 0. The van der Waals surface area contributed by atoms with Crippen LogP contribution >= 0.6 is 12.2 Å². The third kappa shape index (κ3) is 1.72. The van der Waals surface area contributed by atoms with Gasteiger partial charge in [0.1, 0.15) is 10.5 Å². The molecular weight excluding hydrogens is 197 g/mol. The summed E-state index contributed by atoms with van der Waals surface area (Å²) in [6.07, 6.45) is 1.71. The van der Waals surface area contributed by atoms with Crippen LogP contribution in [0.4, 0.5) is 4.39 Å². The predicted molar refractivity (Wildman–Crippen MR) is 57.0 cm³/mol. The first-order valence-electron chi connectivity index (χ1n) is 4.21. The molecule has 2 aromatic rings. The van der Waals surface area contributed by atoms with Crippen molar-refractivity contribution < 1.29 is 4.39 Å². The molecule has 1 heterocycles. The Hall–Kier alpha value is -1.48. The van der Waals surface area contributed by atoms with Crippen molar-refractivity contribution in [3.63, 3.8) is 0 Å². The Balaban J connectivity index is 2.55. The van der Waals surface area contributed by atoms with Gasteiger partial charge in [0.2, 0.25) is 0 Å². The second-order valence-electron chi connectivity index (χ2n) is 2.92. The Morgan fingerprint density at radius 3 is 2.50 bits per heavy atom. The van der Waals surface area contributed by atoms with E-state index in [-0.39, 0.29) is 5.82 Å². The van der Waals surface area contributed by atoms with Crippen molar-refractivity contribution in [1.82, 2.24) is 4.98 Å². The minimum Gasteiger partial charge on any atom is -0.352 e. The number of nitrogens with one attached hydrogen (secondary N) is 1. The molecular formula is C11H8FNS. The van der Waals surface area contributed by atoms with Crippen LogP contribution in [-0.4, -0.2) is 4.98 Å². The van der Waals surface area contributed by atoms with Crippen molar-refractivity contribution in [1.29, 1.82) is 0 Å². The van der Waals surface area contributed by atoms with E-state index < -0.39 is 0 Å². The molecule has 0 unspecified atom stereocenters. The lowest BCUT2D eigenvalue weighted by atomic mass is 10.1. The number of H-pyrrole nitrogens is 1. The maximum absolute atomic E-state index is 13.3. The largest absolute Gasteiger partial charge is 0.352 e. The molecule has 0 saturated carbocycles. The fourth-order valence-electron chi connectivity index (χ4n) is 1.27. The Kier molecular flexibility index (Phi) is 2.41. The van der Waals surface area contributed by atoms with Crippen LogP contribution in [0.2, 0.25) is 0 Å². The van der Waals surface area contributed by atoms with Gasteiger partial charge in [0.05, 0.1) is 0 Å². The zero-order valence-corrected chi connectivity index (χ0v) is 8.14. The Bertz CT molecular complexity index is 484. The van der Waals surface area contributed by atoms with Gasteiger partial charge in [-0.15, -0.1) is 0 Å². The van der Waals surface area contributed by atoms with Gasteiger partial charge in [0.15, 0.2) is 0 Å². The highest BCUT2D eigenvalue weighted by molar-refractivity contribution is 7.71. The number of rotatable bonds is 1. The summed E-state index contributed by atoms with van der Waals surface area (Å²) in [5, 5.41) is 0. The van der Waals surface area contributed by atoms with E-state index in [4.69, 9.17) is 12.2 Å². The normalized spacial score (nSPS) is 10.1. The number of pyridine rings is 1. The third-order valence-corrected chi connectivity index (χ3v) is 2.22. The van der Waals surface area contributed by atoms with Crippen LogP contribution in [0.25, 0.3) is 11.1 Å². The second kappa shape index (κ2) is 3.72. The van der Waals surface area contributed by atoms with Gasteiger partial charge in [-0.25, -0.2) is 4.39 Å². The lowest BCUT2D eigenvalue weighted by Gasteiger charge is -2.01. The van der Waals surface area contributed by atoms with Crippen LogP contribution < -0.4 is 0 Å². The number of hydrogen-bond acceptors (Lipinski definition) is 1. The minimum atomic E-state index is -0.224. The van der Waals surface area contributed by atoms with E-state index in [0.29, 0.717) is 10.2 Å². The van der Waals surface area contributed by atoms with Crippen LogP contribution in [0, 0.1) is 10.5 Å². The SMILES string of the molecule is Fc1ccccc1-c1ccc(=S)[nH]c1. The predicted octanol–water partition coefficient (Wildman–Crippen LogP) is 3.55. The summed E-state index contributed by atoms with van der Waals surface area (Å²) in [5.41, 5.74) is 1.38.